The molecule has 3 nitrogen and oxygen atoms in total. The predicted molar refractivity (Wildman–Crippen MR) is 112 cm³/mol. The second-order valence-electron chi connectivity index (χ2n) is 7.41. The molecule has 0 N–H and O–H groups in total. The highest BCUT2D eigenvalue weighted by Gasteiger charge is 2.21. The average Bonchev–Trinajstić information content (AvgIpc) is 2.56. The lowest BCUT2D eigenvalue weighted by Crippen LogP contribution is -2.15. The third-order valence-corrected chi connectivity index (χ3v) is 5.56. The first-order valence-electron chi connectivity index (χ1n) is 8.89. The molecule has 2 aromatic carbocycles. The smallest absolute Gasteiger partial charge is 0.310 e. The van der Waals surface area contributed by atoms with E-state index in [-0.39, 0.29) is 22.9 Å². The molecule has 0 bridgehead atoms. The summed E-state index contributed by atoms with van der Waals surface area (Å²) in [6.45, 7) is 10.5. The topological polar surface area (TPSA) is 43.4 Å². The molecule has 5 heteroatoms. The van der Waals surface area contributed by atoms with Crippen molar-refractivity contribution in [3.8, 4) is 0 Å². The first-order valence-corrected chi connectivity index (χ1v) is 10.1. The first kappa shape index (κ1) is 21.5. The molecule has 0 aliphatic carbocycles. The summed E-state index contributed by atoms with van der Waals surface area (Å²) in [5, 5.41) is 0.419. The van der Waals surface area contributed by atoms with Crippen LogP contribution in [0.1, 0.15) is 54.7 Å². The SMILES string of the molecule is CCOC(=O)Cc1cc(C(C)(C)C)cc(C)c1SC(=O)c1cccc(Cl)c1. The van der Waals surface area contributed by atoms with Crippen LogP contribution < -0.4 is 0 Å². The third-order valence-electron chi connectivity index (χ3n) is 4.11. The lowest BCUT2D eigenvalue weighted by molar-refractivity contribution is -0.142. The maximum atomic E-state index is 12.8. The Morgan fingerprint density at radius 1 is 1.15 bits per heavy atom. The Morgan fingerprint density at radius 3 is 2.44 bits per heavy atom. The van der Waals surface area contributed by atoms with Crippen molar-refractivity contribution in [1.29, 1.82) is 0 Å². The molecule has 2 rings (SSSR count). The van der Waals surface area contributed by atoms with E-state index in [4.69, 9.17) is 16.3 Å². The van der Waals surface area contributed by atoms with E-state index in [9.17, 15) is 9.59 Å². The van der Waals surface area contributed by atoms with Gasteiger partial charge in [-0.2, -0.15) is 0 Å². The number of hydrogen-bond acceptors (Lipinski definition) is 4. The van der Waals surface area contributed by atoms with Gasteiger partial charge in [0, 0.05) is 15.5 Å². The van der Waals surface area contributed by atoms with Crippen molar-refractivity contribution in [3.63, 3.8) is 0 Å². The van der Waals surface area contributed by atoms with Gasteiger partial charge in [-0.1, -0.05) is 56.6 Å². The Labute approximate surface area is 170 Å². The van der Waals surface area contributed by atoms with Crippen molar-refractivity contribution < 1.29 is 14.3 Å². The quantitative estimate of drug-likeness (QED) is 0.453. The van der Waals surface area contributed by atoms with Gasteiger partial charge in [-0.3, -0.25) is 9.59 Å². The molecular weight excluding hydrogens is 380 g/mol. The molecular formula is C22H25ClO3S. The fraction of sp³-hybridized carbons (Fsp3) is 0.364. The molecule has 0 fully saturated rings. The van der Waals surface area contributed by atoms with E-state index in [2.05, 4.69) is 26.8 Å². The standard InChI is InChI=1S/C22H25ClO3S/c1-6-26-19(24)13-16-11-17(22(3,4)5)10-14(2)20(16)27-21(25)15-8-7-9-18(23)12-15/h7-12H,6,13H2,1-5H3. The van der Waals surface area contributed by atoms with Gasteiger partial charge in [0.2, 0.25) is 5.12 Å². The van der Waals surface area contributed by atoms with Crippen molar-refractivity contribution in [2.75, 3.05) is 6.61 Å². The van der Waals surface area contributed by atoms with Crippen molar-refractivity contribution in [2.45, 2.75) is 51.3 Å². The van der Waals surface area contributed by atoms with Crippen LogP contribution in [0.4, 0.5) is 0 Å². The van der Waals surface area contributed by atoms with E-state index in [1.54, 1.807) is 31.2 Å². The summed E-state index contributed by atoms with van der Waals surface area (Å²) in [7, 11) is 0. The van der Waals surface area contributed by atoms with E-state index < -0.39 is 0 Å². The van der Waals surface area contributed by atoms with E-state index in [0.29, 0.717) is 17.2 Å². The number of halogens is 1. The zero-order chi connectivity index (χ0) is 20.2. The van der Waals surface area contributed by atoms with Gasteiger partial charge in [-0.25, -0.2) is 0 Å². The Balaban J connectivity index is 2.43. The van der Waals surface area contributed by atoms with Gasteiger partial charge in [0.15, 0.2) is 0 Å². The minimum atomic E-state index is -0.292. The maximum absolute atomic E-state index is 12.8. The normalized spacial score (nSPS) is 11.3. The van der Waals surface area contributed by atoms with Crippen molar-refractivity contribution in [1.82, 2.24) is 0 Å². The number of benzene rings is 2. The minimum absolute atomic E-state index is 0.0612. The van der Waals surface area contributed by atoms with Crippen LogP contribution in [-0.4, -0.2) is 17.7 Å². The molecule has 0 aliphatic rings. The molecule has 0 saturated heterocycles. The fourth-order valence-corrected chi connectivity index (χ4v) is 3.79. The first-order chi connectivity index (χ1) is 12.6. The van der Waals surface area contributed by atoms with Crippen LogP contribution in [-0.2, 0) is 21.4 Å². The van der Waals surface area contributed by atoms with Crippen LogP contribution in [0, 0.1) is 6.92 Å². The van der Waals surface area contributed by atoms with E-state index in [0.717, 1.165) is 33.3 Å². The number of ether oxygens (including phenoxy) is 1. The molecule has 0 unspecified atom stereocenters. The van der Waals surface area contributed by atoms with Gasteiger partial charge in [0.25, 0.3) is 0 Å². The van der Waals surface area contributed by atoms with Crippen LogP contribution in [0.3, 0.4) is 0 Å². The lowest BCUT2D eigenvalue weighted by Gasteiger charge is -2.23. The summed E-state index contributed by atoms with van der Waals surface area (Å²) in [5.74, 6) is -0.292. The van der Waals surface area contributed by atoms with Crippen molar-refractivity contribution in [3.05, 3.63) is 63.7 Å². The van der Waals surface area contributed by atoms with Gasteiger partial charge in [-0.05, 0) is 59.8 Å². The Morgan fingerprint density at radius 2 is 1.85 bits per heavy atom. The summed E-state index contributed by atoms with van der Waals surface area (Å²) < 4.78 is 5.12. The number of aryl methyl sites for hydroxylation is 1. The van der Waals surface area contributed by atoms with Crippen LogP contribution >= 0.6 is 23.4 Å². The molecule has 0 atom stereocenters. The van der Waals surface area contributed by atoms with Crippen LogP contribution in [0.5, 0.6) is 0 Å². The highest BCUT2D eigenvalue weighted by molar-refractivity contribution is 8.14. The third kappa shape index (κ3) is 5.85. The second kappa shape index (κ2) is 8.94. The molecule has 0 aromatic heterocycles. The van der Waals surface area contributed by atoms with Gasteiger partial charge in [0.1, 0.15) is 0 Å². The minimum Gasteiger partial charge on any atom is -0.466 e. The average molecular weight is 405 g/mol. The van der Waals surface area contributed by atoms with E-state index >= 15 is 0 Å². The van der Waals surface area contributed by atoms with Crippen molar-refractivity contribution >= 4 is 34.4 Å². The number of esters is 1. The molecule has 0 heterocycles. The van der Waals surface area contributed by atoms with Gasteiger partial charge < -0.3 is 4.74 Å². The monoisotopic (exact) mass is 404 g/mol. The molecule has 0 amide bonds. The number of carbonyl (C=O) groups excluding carboxylic acids is 2. The zero-order valence-corrected chi connectivity index (χ0v) is 18.0. The second-order valence-corrected chi connectivity index (χ2v) is 8.83. The summed E-state index contributed by atoms with van der Waals surface area (Å²) in [6.07, 6.45) is 0.143. The van der Waals surface area contributed by atoms with Crippen molar-refractivity contribution in [2.24, 2.45) is 0 Å². The summed E-state index contributed by atoms with van der Waals surface area (Å²) in [5.41, 5.74) is 3.39. The highest BCUT2D eigenvalue weighted by Crippen LogP contribution is 2.35. The molecule has 0 spiro atoms. The predicted octanol–water partition coefficient (Wildman–Crippen LogP) is 5.98. The van der Waals surface area contributed by atoms with Gasteiger partial charge in [-0.15, -0.1) is 0 Å². The summed E-state index contributed by atoms with van der Waals surface area (Å²) in [4.78, 5) is 25.7. The van der Waals surface area contributed by atoms with Crippen LogP contribution in [0.25, 0.3) is 0 Å². The molecule has 27 heavy (non-hydrogen) atoms. The summed E-state index contributed by atoms with van der Waals surface area (Å²) in [6, 6.07) is 11.0. The Hall–Kier alpha value is -1.78. The lowest BCUT2D eigenvalue weighted by atomic mass is 9.85. The van der Waals surface area contributed by atoms with Gasteiger partial charge >= 0.3 is 5.97 Å². The molecule has 0 aliphatic heterocycles. The largest absolute Gasteiger partial charge is 0.466 e. The number of rotatable bonds is 5. The summed E-state index contributed by atoms with van der Waals surface area (Å²) >= 11 is 7.14. The fourth-order valence-electron chi connectivity index (χ4n) is 2.69. The highest BCUT2D eigenvalue weighted by atomic mass is 35.5. The van der Waals surface area contributed by atoms with E-state index in [1.807, 2.05) is 13.0 Å². The van der Waals surface area contributed by atoms with Crippen LogP contribution in [0.15, 0.2) is 41.3 Å². The Bertz CT molecular complexity index is 853. The number of hydrogen-bond donors (Lipinski definition) is 0. The number of carbonyl (C=O) groups is 2. The zero-order valence-electron chi connectivity index (χ0n) is 16.4. The molecule has 144 valence electrons. The van der Waals surface area contributed by atoms with Crippen LogP contribution in [0.2, 0.25) is 5.02 Å². The number of thioether (sulfide) groups is 1. The van der Waals surface area contributed by atoms with Gasteiger partial charge in [0.05, 0.1) is 13.0 Å². The molecule has 2 aromatic rings. The molecule has 0 saturated carbocycles. The van der Waals surface area contributed by atoms with E-state index in [1.165, 1.54) is 0 Å². The molecule has 0 radical (unpaired) electrons. The maximum Gasteiger partial charge on any atom is 0.310 e. The Kier molecular flexibility index (Phi) is 7.12.